The molecular weight excluding hydrogens is 402 g/mol. The molecule has 1 N–H and O–H groups in total. The molecule has 30 heavy (non-hydrogen) atoms. The van der Waals surface area contributed by atoms with Crippen LogP contribution < -0.4 is 16.6 Å². The van der Waals surface area contributed by atoms with Crippen LogP contribution in [0, 0.1) is 0 Å². The molecule has 0 spiro atoms. The number of aryl methyl sites for hydroxylation is 2. The molecule has 0 amide bonds. The van der Waals surface area contributed by atoms with Crippen LogP contribution in [0.2, 0.25) is 5.02 Å². The van der Waals surface area contributed by atoms with Gasteiger partial charge in [0.15, 0.2) is 11.2 Å². The van der Waals surface area contributed by atoms with Crippen molar-refractivity contribution in [2.75, 3.05) is 12.4 Å². The number of nitrogens with one attached hydrogen (secondary N) is 1. The average molecular weight is 424 g/mol. The lowest BCUT2D eigenvalue weighted by Crippen LogP contribution is -2.40. The van der Waals surface area contributed by atoms with E-state index in [1.54, 1.807) is 18.7 Å². The van der Waals surface area contributed by atoms with Crippen molar-refractivity contribution in [3.05, 3.63) is 91.6 Å². The largest absolute Gasteiger partial charge is 0.359 e. The molecule has 0 aliphatic carbocycles. The molecule has 0 atom stereocenters. The van der Waals surface area contributed by atoms with E-state index in [0.717, 1.165) is 11.1 Å². The molecule has 0 unspecified atom stereocenters. The molecular formula is C22H22ClN5O2. The standard InChI is InChI=1S/C22H22ClN5O2/c1-24-21-25-19-18(28(21)14-16-10-6-7-11-17(16)23)20(29)27(22(30)26(19)2)13-12-15-8-4-3-5-9-15/h3-11H,12-14H2,1-2H3,(H,24,25). The Morgan fingerprint density at radius 1 is 1.00 bits per heavy atom. The van der Waals surface area contributed by atoms with Crippen LogP contribution in [0.15, 0.2) is 64.2 Å². The zero-order chi connectivity index (χ0) is 21.3. The van der Waals surface area contributed by atoms with E-state index < -0.39 is 0 Å². The number of benzene rings is 2. The molecule has 8 heteroatoms. The van der Waals surface area contributed by atoms with Gasteiger partial charge < -0.3 is 5.32 Å². The number of fused-ring (bicyclic) bond motifs is 1. The van der Waals surface area contributed by atoms with E-state index in [0.29, 0.717) is 35.1 Å². The van der Waals surface area contributed by atoms with Gasteiger partial charge in [-0.05, 0) is 23.6 Å². The summed E-state index contributed by atoms with van der Waals surface area (Å²) in [6, 6.07) is 17.3. The summed E-state index contributed by atoms with van der Waals surface area (Å²) in [6.45, 7) is 0.649. The van der Waals surface area contributed by atoms with Gasteiger partial charge in [-0.2, -0.15) is 4.98 Å². The second kappa shape index (κ2) is 8.20. The molecule has 0 fully saturated rings. The fourth-order valence-corrected chi connectivity index (χ4v) is 3.79. The van der Waals surface area contributed by atoms with Crippen LogP contribution in [0.3, 0.4) is 0 Å². The average Bonchev–Trinajstić information content (AvgIpc) is 3.13. The van der Waals surface area contributed by atoms with Gasteiger partial charge in [-0.25, -0.2) is 4.79 Å². The molecule has 0 radical (unpaired) electrons. The van der Waals surface area contributed by atoms with Gasteiger partial charge >= 0.3 is 5.69 Å². The molecule has 7 nitrogen and oxygen atoms in total. The number of halogens is 1. The van der Waals surface area contributed by atoms with E-state index in [9.17, 15) is 9.59 Å². The van der Waals surface area contributed by atoms with Crippen LogP contribution in [0.4, 0.5) is 5.95 Å². The molecule has 0 aliphatic heterocycles. The van der Waals surface area contributed by atoms with Crippen LogP contribution in [0.25, 0.3) is 11.2 Å². The van der Waals surface area contributed by atoms with E-state index >= 15 is 0 Å². The van der Waals surface area contributed by atoms with Gasteiger partial charge in [0.1, 0.15) is 0 Å². The van der Waals surface area contributed by atoms with E-state index in [-0.39, 0.29) is 17.8 Å². The molecule has 0 aliphatic rings. The highest BCUT2D eigenvalue weighted by Crippen LogP contribution is 2.21. The van der Waals surface area contributed by atoms with Crippen molar-refractivity contribution in [1.29, 1.82) is 0 Å². The van der Waals surface area contributed by atoms with Crippen molar-refractivity contribution >= 4 is 28.7 Å². The van der Waals surface area contributed by atoms with Gasteiger partial charge in [-0.1, -0.05) is 60.1 Å². The molecule has 2 aromatic heterocycles. The number of rotatable bonds is 6. The van der Waals surface area contributed by atoms with Gasteiger partial charge in [0.05, 0.1) is 6.54 Å². The van der Waals surface area contributed by atoms with Gasteiger partial charge in [-0.15, -0.1) is 0 Å². The van der Waals surface area contributed by atoms with E-state index in [2.05, 4.69) is 10.3 Å². The fourth-order valence-electron chi connectivity index (χ4n) is 3.60. The first-order valence-electron chi connectivity index (χ1n) is 9.66. The van der Waals surface area contributed by atoms with Crippen LogP contribution in [0.1, 0.15) is 11.1 Å². The smallest absolute Gasteiger partial charge is 0.332 e. The maximum Gasteiger partial charge on any atom is 0.332 e. The second-order valence-corrected chi connectivity index (χ2v) is 7.48. The summed E-state index contributed by atoms with van der Waals surface area (Å²) in [4.78, 5) is 30.8. The number of nitrogens with zero attached hydrogens (tertiary/aromatic N) is 4. The maximum atomic E-state index is 13.4. The molecule has 0 saturated heterocycles. The topological polar surface area (TPSA) is 73.8 Å². The predicted molar refractivity (Wildman–Crippen MR) is 119 cm³/mol. The van der Waals surface area contributed by atoms with Gasteiger partial charge in [-0.3, -0.25) is 18.5 Å². The quantitative estimate of drug-likeness (QED) is 0.517. The summed E-state index contributed by atoms with van der Waals surface area (Å²) in [5.74, 6) is 0.498. The molecule has 0 saturated carbocycles. The van der Waals surface area contributed by atoms with Gasteiger partial charge in [0.25, 0.3) is 5.56 Å². The summed E-state index contributed by atoms with van der Waals surface area (Å²) >= 11 is 6.34. The molecule has 4 aromatic rings. The first-order chi connectivity index (χ1) is 14.5. The molecule has 4 rings (SSSR count). The molecule has 2 aromatic carbocycles. The van der Waals surface area contributed by atoms with Crippen LogP contribution in [-0.2, 0) is 26.6 Å². The minimum absolute atomic E-state index is 0.289. The summed E-state index contributed by atoms with van der Waals surface area (Å²) in [5, 5.41) is 3.63. The zero-order valence-corrected chi connectivity index (χ0v) is 17.6. The van der Waals surface area contributed by atoms with E-state index in [1.807, 2.05) is 54.6 Å². The monoisotopic (exact) mass is 423 g/mol. The van der Waals surface area contributed by atoms with Crippen LogP contribution in [0.5, 0.6) is 0 Å². The van der Waals surface area contributed by atoms with Crippen molar-refractivity contribution in [3.63, 3.8) is 0 Å². The van der Waals surface area contributed by atoms with Crippen molar-refractivity contribution in [1.82, 2.24) is 18.7 Å². The lowest BCUT2D eigenvalue weighted by molar-refractivity contribution is 0.600. The minimum atomic E-state index is -0.381. The van der Waals surface area contributed by atoms with Crippen molar-refractivity contribution in [3.8, 4) is 0 Å². The Bertz CT molecular complexity index is 1320. The molecule has 154 valence electrons. The maximum absolute atomic E-state index is 13.4. The Balaban J connectivity index is 1.86. The molecule has 2 heterocycles. The highest BCUT2D eigenvalue weighted by atomic mass is 35.5. The Hall–Kier alpha value is -3.32. The summed E-state index contributed by atoms with van der Waals surface area (Å²) in [6.07, 6.45) is 0.582. The number of aromatic nitrogens is 4. The highest BCUT2D eigenvalue weighted by Gasteiger charge is 2.20. The van der Waals surface area contributed by atoms with Crippen molar-refractivity contribution in [2.24, 2.45) is 7.05 Å². The Morgan fingerprint density at radius 2 is 1.70 bits per heavy atom. The van der Waals surface area contributed by atoms with Crippen molar-refractivity contribution in [2.45, 2.75) is 19.5 Å². The minimum Gasteiger partial charge on any atom is -0.359 e. The first kappa shape index (κ1) is 20.0. The first-order valence-corrected chi connectivity index (χ1v) is 10.0. The number of hydrogen-bond donors (Lipinski definition) is 1. The lowest BCUT2D eigenvalue weighted by atomic mass is 10.1. The van der Waals surface area contributed by atoms with Crippen LogP contribution >= 0.6 is 11.6 Å². The van der Waals surface area contributed by atoms with Gasteiger partial charge in [0.2, 0.25) is 5.95 Å². The normalized spacial score (nSPS) is 11.2. The summed E-state index contributed by atoms with van der Waals surface area (Å²) in [5.41, 5.74) is 1.90. The van der Waals surface area contributed by atoms with Crippen molar-refractivity contribution < 1.29 is 0 Å². The second-order valence-electron chi connectivity index (χ2n) is 7.07. The Morgan fingerprint density at radius 3 is 2.40 bits per heavy atom. The fraction of sp³-hybridized carbons (Fsp3) is 0.227. The number of imidazole rings is 1. The van der Waals surface area contributed by atoms with Gasteiger partial charge in [0, 0.05) is 25.7 Å². The summed E-state index contributed by atoms with van der Waals surface area (Å²) in [7, 11) is 3.37. The summed E-state index contributed by atoms with van der Waals surface area (Å²) < 4.78 is 4.47. The number of hydrogen-bond acceptors (Lipinski definition) is 4. The molecule has 0 bridgehead atoms. The van der Waals surface area contributed by atoms with E-state index in [4.69, 9.17) is 11.6 Å². The third-order valence-corrected chi connectivity index (χ3v) is 5.58. The Kier molecular flexibility index (Phi) is 5.46. The zero-order valence-electron chi connectivity index (χ0n) is 16.8. The van der Waals surface area contributed by atoms with Crippen LogP contribution in [-0.4, -0.2) is 25.7 Å². The number of anilines is 1. The Labute approximate surface area is 178 Å². The lowest BCUT2D eigenvalue weighted by Gasteiger charge is -2.12. The highest BCUT2D eigenvalue weighted by molar-refractivity contribution is 6.31. The van der Waals surface area contributed by atoms with E-state index in [1.165, 1.54) is 9.13 Å². The SMILES string of the molecule is CNc1nc2c(c(=O)n(CCc3ccccc3)c(=O)n2C)n1Cc1ccccc1Cl. The predicted octanol–water partition coefficient (Wildman–Crippen LogP) is 2.88. The third kappa shape index (κ3) is 3.52. The third-order valence-electron chi connectivity index (χ3n) is 5.21.